The molecule has 1 aliphatic rings. The molecule has 2 aromatic rings. The quantitative estimate of drug-likeness (QED) is 0.922. The number of nitrogens with one attached hydrogen (secondary N) is 1. The van der Waals surface area contributed by atoms with E-state index in [9.17, 15) is 4.79 Å². The Balaban J connectivity index is 1.42. The maximum absolute atomic E-state index is 11.7. The minimum absolute atomic E-state index is 0.285. The lowest BCUT2D eigenvalue weighted by atomic mass is 10.2. The molecule has 0 radical (unpaired) electrons. The molecule has 0 saturated heterocycles. The molecule has 1 amide bonds. The molecule has 0 bridgehead atoms. The van der Waals surface area contributed by atoms with Gasteiger partial charge in [0.2, 0.25) is 0 Å². The van der Waals surface area contributed by atoms with Gasteiger partial charge in [0.1, 0.15) is 19.0 Å². The number of nitrogens with zero attached hydrogens (tertiary/aromatic N) is 1. The summed E-state index contributed by atoms with van der Waals surface area (Å²) >= 11 is 0. The number of hydrogen-bond acceptors (Lipinski definition) is 4. The third kappa shape index (κ3) is 4.16. The lowest BCUT2D eigenvalue weighted by Crippen LogP contribution is -2.39. The Morgan fingerprint density at radius 2 is 1.91 bits per heavy atom. The SMILES string of the molecule is O=C(NCCN1CCOc2ccccc21)OCc1ccccc1. The number of benzene rings is 2. The number of rotatable bonds is 5. The van der Waals surface area contributed by atoms with Gasteiger partial charge in [-0.3, -0.25) is 0 Å². The molecular formula is C18H20N2O3. The smallest absolute Gasteiger partial charge is 0.407 e. The number of para-hydroxylation sites is 2. The van der Waals surface area contributed by atoms with E-state index in [0.717, 1.165) is 30.1 Å². The molecule has 1 N–H and O–H groups in total. The number of alkyl carbamates (subject to hydrolysis) is 1. The summed E-state index contributed by atoms with van der Waals surface area (Å²) in [5.74, 6) is 0.894. The predicted octanol–water partition coefficient (Wildman–Crippen LogP) is 2.81. The molecule has 1 aliphatic heterocycles. The fourth-order valence-electron chi connectivity index (χ4n) is 2.53. The summed E-state index contributed by atoms with van der Waals surface area (Å²) < 4.78 is 10.8. The van der Waals surface area contributed by atoms with Crippen molar-refractivity contribution in [2.24, 2.45) is 0 Å². The van der Waals surface area contributed by atoms with Gasteiger partial charge in [0.05, 0.1) is 12.2 Å². The summed E-state index contributed by atoms with van der Waals surface area (Å²) in [4.78, 5) is 13.9. The number of fused-ring (bicyclic) bond motifs is 1. The standard InChI is InChI=1S/C18H20N2O3/c21-18(23-14-15-6-2-1-3-7-15)19-10-11-20-12-13-22-17-9-5-4-8-16(17)20/h1-9H,10-14H2,(H,19,21). The van der Waals surface area contributed by atoms with E-state index in [1.165, 1.54) is 0 Å². The summed E-state index contributed by atoms with van der Waals surface area (Å²) in [6.45, 7) is 3.02. The van der Waals surface area contributed by atoms with Crippen LogP contribution in [-0.4, -0.2) is 32.3 Å². The Morgan fingerprint density at radius 1 is 1.13 bits per heavy atom. The van der Waals surface area contributed by atoms with Crippen LogP contribution in [0.2, 0.25) is 0 Å². The Labute approximate surface area is 135 Å². The lowest BCUT2D eigenvalue weighted by Gasteiger charge is -2.31. The van der Waals surface area contributed by atoms with Gasteiger partial charge in [-0.15, -0.1) is 0 Å². The molecule has 5 heteroatoms. The monoisotopic (exact) mass is 312 g/mol. The van der Waals surface area contributed by atoms with Crippen LogP contribution in [-0.2, 0) is 11.3 Å². The minimum atomic E-state index is -0.393. The van der Waals surface area contributed by atoms with E-state index in [1.807, 2.05) is 54.6 Å². The fraction of sp³-hybridized carbons (Fsp3) is 0.278. The topological polar surface area (TPSA) is 50.8 Å². The summed E-state index contributed by atoms with van der Waals surface area (Å²) in [5, 5.41) is 2.79. The molecule has 0 aliphatic carbocycles. The molecule has 0 unspecified atom stereocenters. The molecule has 1 heterocycles. The van der Waals surface area contributed by atoms with Crippen LogP contribution in [0.3, 0.4) is 0 Å². The van der Waals surface area contributed by atoms with E-state index >= 15 is 0 Å². The van der Waals surface area contributed by atoms with Crippen molar-refractivity contribution in [1.82, 2.24) is 5.32 Å². The second-order valence-electron chi connectivity index (χ2n) is 5.29. The van der Waals surface area contributed by atoms with Crippen LogP contribution < -0.4 is 15.0 Å². The third-order valence-electron chi connectivity index (χ3n) is 3.69. The van der Waals surface area contributed by atoms with Crippen LogP contribution in [0.1, 0.15) is 5.56 Å². The van der Waals surface area contributed by atoms with Gasteiger partial charge in [-0.1, -0.05) is 42.5 Å². The van der Waals surface area contributed by atoms with Crippen LogP contribution in [0.5, 0.6) is 5.75 Å². The number of ether oxygens (including phenoxy) is 2. The molecular weight excluding hydrogens is 292 g/mol. The van der Waals surface area contributed by atoms with Crippen LogP contribution in [0.4, 0.5) is 10.5 Å². The van der Waals surface area contributed by atoms with Gasteiger partial charge >= 0.3 is 6.09 Å². The maximum atomic E-state index is 11.7. The van der Waals surface area contributed by atoms with Crippen molar-refractivity contribution >= 4 is 11.8 Å². The Hall–Kier alpha value is -2.69. The number of hydrogen-bond donors (Lipinski definition) is 1. The maximum Gasteiger partial charge on any atom is 0.407 e. The van der Waals surface area contributed by atoms with Gasteiger partial charge in [0.15, 0.2) is 0 Å². The molecule has 2 aromatic carbocycles. The van der Waals surface area contributed by atoms with Crippen LogP contribution in [0.15, 0.2) is 54.6 Å². The first kappa shape index (κ1) is 15.2. The van der Waals surface area contributed by atoms with Crippen LogP contribution >= 0.6 is 0 Å². The van der Waals surface area contributed by atoms with Gasteiger partial charge in [0, 0.05) is 13.1 Å². The molecule has 0 saturated carbocycles. The zero-order valence-corrected chi connectivity index (χ0v) is 12.9. The largest absolute Gasteiger partial charge is 0.490 e. The fourth-order valence-corrected chi connectivity index (χ4v) is 2.53. The Morgan fingerprint density at radius 3 is 2.78 bits per heavy atom. The van der Waals surface area contributed by atoms with Crippen LogP contribution in [0, 0.1) is 0 Å². The first-order valence-corrected chi connectivity index (χ1v) is 7.74. The molecule has 0 aromatic heterocycles. The van der Waals surface area contributed by atoms with E-state index in [0.29, 0.717) is 13.2 Å². The summed E-state index contributed by atoms with van der Waals surface area (Å²) in [7, 11) is 0. The summed E-state index contributed by atoms with van der Waals surface area (Å²) in [6, 6.07) is 17.6. The van der Waals surface area contributed by atoms with Gasteiger partial charge in [0.25, 0.3) is 0 Å². The molecule has 0 atom stereocenters. The first-order chi connectivity index (χ1) is 11.3. The van der Waals surface area contributed by atoms with Gasteiger partial charge in [-0.05, 0) is 17.7 Å². The second kappa shape index (κ2) is 7.54. The van der Waals surface area contributed by atoms with Crippen molar-refractivity contribution in [3.05, 3.63) is 60.2 Å². The Kier molecular flexibility index (Phi) is 4.99. The van der Waals surface area contributed by atoms with E-state index < -0.39 is 6.09 Å². The van der Waals surface area contributed by atoms with Gasteiger partial charge in [-0.25, -0.2) is 4.79 Å². The van der Waals surface area contributed by atoms with E-state index in [1.54, 1.807) is 0 Å². The second-order valence-corrected chi connectivity index (χ2v) is 5.29. The van der Waals surface area contributed by atoms with Crippen molar-refractivity contribution in [2.75, 3.05) is 31.1 Å². The first-order valence-electron chi connectivity index (χ1n) is 7.74. The highest BCUT2D eigenvalue weighted by Gasteiger charge is 2.16. The summed E-state index contributed by atoms with van der Waals surface area (Å²) in [5.41, 5.74) is 2.04. The third-order valence-corrected chi connectivity index (χ3v) is 3.69. The lowest BCUT2D eigenvalue weighted by molar-refractivity contribution is 0.140. The molecule has 3 rings (SSSR count). The highest BCUT2D eigenvalue weighted by molar-refractivity contribution is 5.67. The van der Waals surface area contributed by atoms with E-state index in [4.69, 9.17) is 9.47 Å². The van der Waals surface area contributed by atoms with Crippen molar-refractivity contribution in [3.8, 4) is 5.75 Å². The molecule has 23 heavy (non-hydrogen) atoms. The number of amides is 1. The summed E-state index contributed by atoms with van der Waals surface area (Å²) in [6.07, 6.45) is -0.393. The predicted molar refractivity (Wildman–Crippen MR) is 88.8 cm³/mol. The van der Waals surface area contributed by atoms with E-state index in [2.05, 4.69) is 10.2 Å². The normalized spacial score (nSPS) is 13.0. The number of carbonyl (C=O) groups excluding carboxylic acids is 1. The molecule has 0 spiro atoms. The average Bonchev–Trinajstić information content (AvgIpc) is 2.61. The van der Waals surface area contributed by atoms with Crippen molar-refractivity contribution in [2.45, 2.75) is 6.61 Å². The van der Waals surface area contributed by atoms with E-state index in [-0.39, 0.29) is 6.61 Å². The molecule has 0 fully saturated rings. The van der Waals surface area contributed by atoms with Crippen molar-refractivity contribution in [3.63, 3.8) is 0 Å². The Bertz CT molecular complexity index is 646. The zero-order chi connectivity index (χ0) is 15.9. The van der Waals surface area contributed by atoms with Crippen molar-refractivity contribution in [1.29, 1.82) is 0 Å². The highest BCUT2D eigenvalue weighted by atomic mass is 16.5. The number of carbonyl (C=O) groups is 1. The average molecular weight is 312 g/mol. The van der Waals surface area contributed by atoms with Gasteiger partial charge in [-0.2, -0.15) is 0 Å². The molecule has 5 nitrogen and oxygen atoms in total. The molecule has 120 valence electrons. The number of anilines is 1. The van der Waals surface area contributed by atoms with Crippen molar-refractivity contribution < 1.29 is 14.3 Å². The zero-order valence-electron chi connectivity index (χ0n) is 12.9. The van der Waals surface area contributed by atoms with Gasteiger partial charge < -0.3 is 19.7 Å². The highest BCUT2D eigenvalue weighted by Crippen LogP contribution is 2.30. The minimum Gasteiger partial charge on any atom is -0.490 e. The van der Waals surface area contributed by atoms with Crippen LogP contribution in [0.25, 0.3) is 0 Å².